The summed E-state index contributed by atoms with van der Waals surface area (Å²) in [6.07, 6.45) is -3.39. The summed E-state index contributed by atoms with van der Waals surface area (Å²) in [6, 6.07) is 8.36. The van der Waals surface area contributed by atoms with Gasteiger partial charge in [-0.15, -0.1) is 0 Å². The average Bonchev–Trinajstić information content (AvgIpc) is 2.52. The van der Waals surface area contributed by atoms with E-state index in [0.717, 1.165) is 12.1 Å². The fourth-order valence-electron chi connectivity index (χ4n) is 1.75. The number of anilines is 1. The molecule has 22 heavy (non-hydrogen) atoms. The maximum atomic E-state index is 12.8. The van der Waals surface area contributed by atoms with Gasteiger partial charge in [-0.05, 0) is 24.3 Å². The molecule has 5 nitrogen and oxygen atoms in total. The number of ether oxygens (including phenoxy) is 1. The fraction of sp³-hybridized carbons (Fsp3) is 0.143. The molecule has 0 radical (unpaired) electrons. The molecule has 0 bridgehead atoms. The first-order valence-corrected chi connectivity index (χ1v) is 6.15. The van der Waals surface area contributed by atoms with Crippen molar-refractivity contribution in [3.8, 4) is 5.75 Å². The first kappa shape index (κ1) is 15.6. The van der Waals surface area contributed by atoms with E-state index in [1.807, 2.05) is 0 Å². The van der Waals surface area contributed by atoms with Crippen LogP contribution in [0, 0.1) is 0 Å². The van der Waals surface area contributed by atoms with Crippen molar-refractivity contribution in [1.82, 2.24) is 10.4 Å². The summed E-state index contributed by atoms with van der Waals surface area (Å²) in [5, 5.41) is 0. The molecule has 1 aromatic heterocycles. The van der Waals surface area contributed by atoms with E-state index < -0.39 is 23.5 Å². The number of rotatable bonds is 4. The number of methoxy groups -OCH3 is 1. The highest BCUT2D eigenvalue weighted by atomic mass is 19.4. The van der Waals surface area contributed by atoms with Crippen LogP contribution in [0.2, 0.25) is 0 Å². The van der Waals surface area contributed by atoms with Gasteiger partial charge >= 0.3 is 6.18 Å². The zero-order valence-electron chi connectivity index (χ0n) is 11.4. The second kappa shape index (κ2) is 6.33. The van der Waals surface area contributed by atoms with Crippen LogP contribution in [0.5, 0.6) is 5.75 Å². The van der Waals surface area contributed by atoms with Gasteiger partial charge in [0, 0.05) is 6.20 Å². The lowest BCUT2D eigenvalue weighted by Gasteiger charge is -2.14. The monoisotopic (exact) mass is 311 g/mol. The number of hydrogen-bond donors (Lipinski definition) is 2. The molecule has 2 aromatic rings. The number of hydrazine groups is 1. The Morgan fingerprint density at radius 3 is 2.59 bits per heavy atom. The summed E-state index contributed by atoms with van der Waals surface area (Å²) in [5.41, 5.74) is 3.56. The van der Waals surface area contributed by atoms with Crippen molar-refractivity contribution < 1.29 is 22.7 Å². The lowest BCUT2D eigenvalue weighted by atomic mass is 10.2. The molecule has 8 heteroatoms. The van der Waals surface area contributed by atoms with Gasteiger partial charge in [-0.25, -0.2) is 4.98 Å². The molecular weight excluding hydrogens is 299 g/mol. The van der Waals surface area contributed by atoms with Crippen LogP contribution in [0.4, 0.5) is 19.0 Å². The molecule has 0 spiro atoms. The summed E-state index contributed by atoms with van der Waals surface area (Å²) in [5.74, 6) is -0.826. The number of aromatic nitrogens is 1. The largest absolute Gasteiger partial charge is 0.496 e. The predicted molar refractivity (Wildman–Crippen MR) is 73.3 cm³/mol. The van der Waals surface area contributed by atoms with Gasteiger partial charge in [0.05, 0.1) is 18.2 Å². The van der Waals surface area contributed by atoms with Crippen LogP contribution < -0.4 is 15.6 Å². The van der Waals surface area contributed by atoms with Crippen molar-refractivity contribution in [2.45, 2.75) is 6.18 Å². The molecule has 0 aliphatic heterocycles. The van der Waals surface area contributed by atoms with Gasteiger partial charge in [-0.2, -0.15) is 13.2 Å². The Kier molecular flexibility index (Phi) is 4.50. The van der Waals surface area contributed by atoms with Gasteiger partial charge in [-0.1, -0.05) is 12.1 Å². The number of benzene rings is 1. The van der Waals surface area contributed by atoms with Crippen molar-refractivity contribution >= 4 is 11.7 Å². The van der Waals surface area contributed by atoms with Crippen molar-refractivity contribution in [1.29, 1.82) is 0 Å². The average molecular weight is 311 g/mol. The van der Waals surface area contributed by atoms with Crippen molar-refractivity contribution in [3.05, 3.63) is 53.7 Å². The van der Waals surface area contributed by atoms with Gasteiger partial charge in [0.2, 0.25) is 0 Å². The summed E-state index contributed by atoms with van der Waals surface area (Å²) >= 11 is 0. The van der Waals surface area contributed by atoms with Gasteiger partial charge < -0.3 is 4.74 Å². The Morgan fingerprint density at radius 1 is 1.18 bits per heavy atom. The van der Waals surface area contributed by atoms with E-state index >= 15 is 0 Å². The summed E-state index contributed by atoms with van der Waals surface area (Å²) in [4.78, 5) is 15.6. The second-order valence-electron chi connectivity index (χ2n) is 4.18. The molecule has 0 aliphatic carbocycles. The predicted octanol–water partition coefficient (Wildman–Crippen LogP) is 2.87. The number of para-hydroxylation sites is 1. The van der Waals surface area contributed by atoms with Crippen LogP contribution in [0.25, 0.3) is 0 Å². The molecule has 1 aromatic carbocycles. The quantitative estimate of drug-likeness (QED) is 0.852. The number of carbonyl (C=O) groups excluding carboxylic acids is 1. The lowest BCUT2D eigenvalue weighted by Crippen LogP contribution is -2.31. The van der Waals surface area contributed by atoms with E-state index in [1.165, 1.54) is 19.4 Å². The zero-order chi connectivity index (χ0) is 16.2. The molecule has 0 saturated heterocycles. The lowest BCUT2D eigenvalue weighted by molar-refractivity contribution is -0.137. The molecule has 0 saturated carbocycles. The third-order valence-corrected chi connectivity index (χ3v) is 2.76. The van der Waals surface area contributed by atoms with Crippen LogP contribution in [-0.2, 0) is 6.18 Å². The van der Waals surface area contributed by atoms with E-state index in [1.54, 1.807) is 18.2 Å². The van der Waals surface area contributed by atoms with E-state index in [2.05, 4.69) is 15.8 Å². The number of amides is 1. The van der Waals surface area contributed by atoms with Crippen LogP contribution in [0.15, 0.2) is 42.6 Å². The van der Waals surface area contributed by atoms with E-state index in [9.17, 15) is 18.0 Å². The first-order valence-electron chi connectivity index (χ1n) is 6.15. The Bertz CT molecular complexity index is 674. The molecule has 0 fully saturated rings. The molecule has 1 amide bonds. The molecular formula is C14H12F3N3O2. The van der Waals surface area contributed by atoms with Crippen LogP contribution in [-0.4, -0.2) is 18.0 Å². The second-order valence-corrected chi connectivity index (χ2v) is 4.18. The zero-order valence-corrected chi connectivity index (χ0v) is 11.4. The van der Waals surface area contributed by atoms with Gasteiger partial charge in [0.15, 0.2) is 5.82 Å². The minimum absolute atomic E-state index is 0.182. The molecule has 0 unspecified atom stereocenters. The highest BCUT2D eigenvalue weighted by molar-refractivity contribution is 5.97. The van der Waals surface area contributed by atoms with Crippen molar-refractivity contribution in [2.24, 2.45) is 0 Å². The van der Waals surface area contributed by atoms with Crippen LogP contribution >= 0.6 is 0 Å². The maximum absolute atomic E-state index is 12.8. The van der Waals surface area contributed by atoms with Crippen molar-refractivity contribution in [3.63, 3.8) is 0 Å². The Hall–Kier alpha value is -2.77. The maximum Gasteiger partial charge on any atom is 0.420 e. The highest BCUT2D eigenvalue weighted by Crippen LogP contribution is 2.33. The van der Waals surface area contributed by atoms with Gasteiger partial charge in [-0.3, -0.25) is 15.6 Å². The standard InChI is InChI=1S/C14H12F3N3O2/c1-22-11-7-3-2-5-9(11)13(21)20-19-12-10(14(15,16)17)6-4-8-18-12/h2-8H,1H3,(H,18,19)(H,20,21). The Labute approximate surface area is 124 Å². The van der Waals surface area contributed by atoms with Crippen molar-refractivity contribution in [2.75, 3.05) is 12.5 Å². The number of alkyl halides is 3. The molecule has 2 N–H and O–H groups in total. The minimum Gasteiger partial charge on any atom is -0.496 e. The number of nitrogens with zero attached hydrogens (tertiary/aromatic N) is 1. The number of halogens is 3. The van der Waals surface area contributed by atoms with Gasteiger partial charge in [0.25, 0.3) is 5.91 Å². The van der Waals surface area contributed by atoms with Crippen LogP contribution in [0.1, 0.15) is 15.9 Å². The molecule has 2 rings (SSSR count). The molecule has 0 aliphatic rings. The Balaban J connectivity index is 2.16. The summed E-state index contributed by atoms with van der Waals surface area (Å²) in [6.45, 7) is 0. The van der Waals surface area contributed by atoms with Gasteiger partial charge in [0.1, 0.15) is 5.75 Å². The molecule has 0 atom stereocenters. The topological polar surface area (TPSA) is 63.2 Å². The van der Waals surface area contributed by atoms with E-state index in [-0.39, 0.29) is 5.56 Å². The van der Waals surface area contributed by atoms with Crippen LogP contribution in [0.3, 0.4) is 0 Å². The minimum atomic E-state index is -4.58. The van der Waals surface area contributed by atoms with E-state index in [0.29, 0.717) is 5.75 Å². The third kappa shape index (κ3) is 3.46. The normalized spacial score (nSPS) is 10.9. The smallest absolute Gasteiger partial charge is 0.420 e. The molecule has 1 heterocycles. The molecule has 116 valence electrons. The summed E-state index contributed by atoms with van der Waals surface area (Å²) in [7, 11) is 1.39. The number of carbonyl (C=O) groups is 1. The number of hydrogen-bond acceptors (Lipinski definition) is 4. The van der Waals surface area contributed by atoms with E-state index in [4.69, 9.17) is 4.74 Å². The number of pyridine rings is 1. The Morgan fingerprint density at radius 2 is 1.91 bits per heavy atom. The highest BCUT2D eigenvalue weighted by Gasteiger charge is 2.34. The SMILES string of the molecule is COc1ccccc1C(=O)NNc1ncccc1C(F)(F)F. The fourth-order valence-corrected chi connectivity index (χ4v) is 1.75. The number of nitrogens with one attached hydrogen (secondary N) is 2. The summed E-state index contributed by atoms with van der Waals surface area (Å²) < 4.78 is 43.4. The first-order chi connectivity index (χ1) is 10.4. The third-order valence-electron chi connectivity index (χ3n) is 2.76.